The van der Waals surface area contributed by atoms with Crippen molar-refractivity contribution in [3.63, 3.8) is 0 Å². The lowest BCUT2D eigenvalue weighted by atomic mass is 9.92. The Kier molecular flexibility index (Phi) is 6.58. The molecule has 2 heterocycles. The fourth-order valence-corrected chi connectivity index (χ4v) is 3.00. The molecule has 0 bridgehead atoms. The number of ether oxygens (including phenoxy) is 1. The van der Waals surface area contributed by atoms with Crippen molar-refractivity contribution < 1.29 is 9.53 Å². The maximum atomic E-state index is 12.2. The van der Waals surface area contributed by atoms with E-state index in [1.165, 1.54) is 0 Å². The molecule has 162 valence electrons. The number of aromatic nitrogens is 3. The molecule has 0 radical (unpaired) electrons. The first kappa shape index (κ1) is 21.9. The highest BCUT2D eigenvalue weighted by atomic mass is 16.5. The normalized spacial score (nSPS) is 11.9. The van der Waals surface area contributed by atoms with E-state index in [9.17, 15) is 4.79 Å². The van der Waals surface area contributed by atoms with Gasteiger partial charge in [-0.25, -0.2) is 9.55 Å². The number of rotatable bonds is 6. The van der Waals surface area contributed by atoms with Crippen molar-refractivity contribution in [3.8, 4) is 6.01 Å². The molecule has 3 rings (SSSR count). The molecule has 0 fully saturated rings. The van der Waals surface area contributed by atoms with E-state index in [0.29, 0.717) is 29.4 Å². The zero-order valence-corrected chi connectivity index (χ0v) is 18.0. The van der Waals surface area contributed by atoms with Crippen molar-refractivity contribution >= 4 is 28.7 Å². The first-order chi connectivity index (χ1) is 14.8. The number of pyridine rings is 1. The topological polar surface area (TPSA) is 130 Å². The minimum atomic E-state index is -0.109. The summed E-state index contributed by atoms with van der Waals surface area (Å²) in [5, 5.41) is 12.6. The Morgan fingerprint density at radius 2 is 1.94 bits per heavy atom. The van der Waals surface area contributed by atoms with E-state index in [1.54, 1.807) is 29.8 Å². The van der Waals surface area contributed by atoms with Gasteiger partial charge >= 0.3 is 6.01 Å². The number of amides is 1. The Bertz CT molecular complexity index is 1110. The van der Waals surface area contributed by atoms with Gasteiger partial charge in [-0.2, -0.15) is 10.5 Å². The number of fused-ring (bicyclic) bond motifs is 1. The highest BCUT2D eigenvalue weighted by Gasteiger charge is 2.18. The first-order valence-electron chi connectivity index (χ1n) is 9.79. The Hall–Kier alpha value is -3.82. The molecule has 0 aliphatic carbocycles. The van der Waals surface area contributed by atoms with Crippen LogP contribution in [0.4, 0.5) is 5.82 Å². The molecule has 10 heteroatoms. The summed E-state index contributed by atoms with van der Waals surface area (Å²) in [5.41, 5.74) is 9.05. The van der Waals surface area contributed by atoms with Gasteiger partial charge in [-0.15, -0.1) is 0 Å². The standard InChI is InChI=1S/C21H26N8O2/c1-21(2,3)12-18(30)26-17-11-7-8-14(24-17)13-31-20-25-15-9-5-6-10-16(15)29(20)19(23-4)27-28-22/h5-11H,12-13H2,1-4H3,(H2,22,23,27)(H,24,26,30). The predicted molar refractivity (Wildman–Crippen MR) is 118 cm³/mol. The zero-order valence-electron chi connectivity index (χ0n) is 18.0. The monoisotopic (exact) mass is 422 g/mol. The minimum absolute atomic E-state index is 0.0890. The number of nitrogens with zero attached hydrogens (tertiary/aromatic N) is 5. The second kappa shape index (κ2) is 9.33. The number of imidazole rings is 1. The summed E-state index contributed by atoms with van der Waals surface area (Å²) in [6.45, 7) is 6.15. The van der Waals surface area contributed by atoms with Gasteiger partial charge in [0, 0.05) is 13.5 Å². The van der Waals surface area contributed by atoms with Crippen LogP contribution in [0.2, 0.25) is 0 Å². The number of hydrogen-bond donors (Lipinski definition) is 3. The Morgan fingerprint density at radius 3 is 2.65 bits per heavy atom. The number of hydrogen-bond acceptors (Lipinski definition) is 6. The fourth-order valence-electron chi connectivity index (χ4n) is 3.00. The zero-order chi connectivity index (χ0) is 22.4. The third-order valence-electron chi connectivity index (χ3n) is 4.22. The maximum absolute atomic E-state index is 12.2. The van der Waals surface area contributed by atoms with E-state index in [0.717, 1.165) is 5.52 Å². The van der Waals surface area contributed by atoms with Crippen LogP contribution in [0.15, 0.2) is 52.8 Å². The molecule has 0 saturated carbocycles. The van der Waals surface area contributed by atoms with Crippen LogP contribution in [-0.2, 0) is 11.4 Å². The van der Waals surface area contributed by atoms with E-state index < -0.39 is 0 Å². The number of nitrogens with one attached hydrogen (secondary N) is 3. The van der Waals surface area contributed by atoms with Crippen LogP contribution in [0.25, 0.3) is 11.0 Å². The summed E-state index contributed by atoms with van der Waals surface area (Å²) in [6.07, 6.45) is 0.395. The van der Waals surface area contributed by atoms with Gasteiger partial charge in [0.15, 0.2) is 0 Å². The van der Waals surface area contributed by atoms with Gasteiger partial charge in [0.25, 0.3) is 0 Å². The lowest BCUT2D eigenvalue weighted by Gasteiger charge is -2.17. The molecular formula is C21H26N8O2. The summed E-state index contributed by atoms with van der Waals surface area (Å²) in [5.74, 6) is 0.679. The van der Waals surface area contributed by atoms with Crippen LogP contribution in [0.3, 0.4) is 0 Å². The van der Waals surface area contributed by atoms with E-state index in [1.807, 2.05) is 45.0 Å². The quantitative estimate of drug-likeness (QED) is 0.241. The van der Waals surface area contributed by atoms with Gasteiger partial charge in [0.2, 0.25) is 11.9 Å². The van der Waals surface area contributed by atoms with Crippen LogP contribution < -0.4 is 15.4 Å². The van der Waals surface area contributed by atoms with Gasteiger partial charge in [0.05, 0.1) is 16.7 Å². The fraction of sp³-hybridized carbons (Fsp3) is 0.333. The molecule has 1 amide bonds. The number of anilines is 1. The second-order valence-corrected chi connectivity index (χ2v) is 8.08. The third kappa shape index (κ3) is 5.62. The highest BCUT2D eigenvalue weighted by Crippen LogP contribution is 2.22. The van der Waals surface area contributed by atoms with Gasteiger partial charge in [0.1, 0.15) is 12.4 Å². The summed E-state index contributed by atoms with van der Waals surface area (Å²) >= 11 is 0. The minimum Gasteiger partial charge on any atom is -0.458 e. The Balaban J connectivity index is 1.81. The molecule has 0 atom stereocenters. The largest absolute Gasteiger partial charge is 0.458 e. The molecule has 0 aliphatic heterocycles. The van der Waals surface area contributed by atoms with E-state index in [4.69, 9.17) is 10.3 Å². The van der Waals surface area contributed by atoms with Crippen molar-refractivity contribution in [1.29, 1.82) is 5.53 Å². The van der Waals surface area contributed by atoms with Gasteiger partial charge in [-0.3, -0.25) is 4.79 Å². The molecular weight excluding hydrogens is 396 g/mol. The van der Waals surface area contributed by atoms with Crippen molar-refractivity contribution in [2.24, 2.45) is 15.7 Å². The molecule has 31 heavy (non-hydrogen) atoms. The average Bonchev–Trinajstić information content (AvgIpc) is 3.07. The number of benzene rings is 1. The average molecular weight is 422 g/mol. The van der Waals surface area contributed by atoms with E-state index in [-0.39, 0.29) is 23.9 Å². The maximum Gasteiger partial charge on any atom is 0.304 e. The molecule has 10 nitrogen and oxygen atoms in total. The lowest BCUT2D eigenvalue weighted by molar-refractivity contribution is -0.117. The van der Waals surface area contributed by atoms with Crippen LogP contribution in [-0.4, -0.2) is 33.4 Å². The van der Waals surface area contributed by atoms with Crippen LogP contribution >= 0.6 is 0 Å². The Labute approximate surface area is 180 Å². The molecule has 2 aromatic heterocycles. The molecule has 1 aromatic carbocycles. The number of para-hydroxylation sites is 2. The van der Waals surface area contributed by atoms with Crippen LogP contribution in [0.5, 0.6) is 6.01 Å². The third-order valence-corrected chi connectivity index (χ3v) is 4.22. The molecule has 0 spiro atoms. The predicted octanol–water partition coefficient (Wildman–Crippen LogP) is 3.75. The van der Waals surface area contributed by atoms with Crippen LogP contribution in [0.1, 0.15) is 32.9 Å². The van der Waals surface area contributed by atoms with Crippen molar-refractivity contribution in [1.82, 2.24) is 19.9 Å². The van der Waals surface area contributed by atoms with Gasteiger partial charge in [-0.1, -0.05) is 44.1 Å². The van der Waals surface area contributed by atoms with Gasteiger partial charge in [-0.05, 0) is 34.9 Å². The molecule has 0 saturated heterocycles. The van der Waals surface area contributed by atoms with Crippen molar-refractivity contribution in [2.75, 3.05) is 12.4 Å². The van der Waals surface area contributed by atoms with E-state index >= 15 is 0 Å². The smallest absolute Gasteiger partial charge is 0.304 e. The SMILES string of the molecule is CN/C(=N\N=N)n1c(OCc2cccc(NC(=O)CC(C)(C)C)n2)nc2ccccc21. The highest BCUT2D eigenvalue weighted by molar-refractivity contribution is 5.93. The second-order valence-electron chi connectivity index (χ2n) is 8.08. The number of carbonyl (C=O) groups is 1. The van der Waals surface area contributed by atoms with E-state index in [2.05, 4.69) is 30.9 Å². The van der Waals surface area contributed by atoms with Crippen molar-refractivity contribution in [3.05, 3.63) is 48.2 Å². The van der Waals surface area contributed by atoms with Gasteiger partial charge < -0.3 is 15.4 Å². The van der Waals surface area contributed by atoms with Crippen molar-refractivity contribution in [2.45, 2.75) is 33.8 Å². The summed E-state index contributed by atoms with van der Waals surface area (Å²) in [4.78, 5) is 21.2. The summed E-state index contributed by atoms with van der Waals surface area (Å²) in [7, 11) is 1.67. The van der Waals surface area contributed by atoms with Crippen LogP contribution in [0, 0.1) is 10.9 Å². The molecule has 0 unspecified atom stereocenters. The molecule has 0 aliphatic rings. The lowest BCUT2D eigenvalue weighted by Crippen LogP contribution is -2.27. The summed E-state index contributed by atoms with van der Waals surface area (Å²) in [6, 6.07) is 13.1. The summed E-state index contributed by atoms with van der Waals surface area (Å²) < 4.78 is 7.57. The molecule has 3 N–H and O–H groups in total. The molecule has 3 aromatic rings. The first-order valence-corrected chi connectivity index (χ1v) is 9.79. The Morgan fingerprint density at radius 1 is 1.16 bits per heavy atom. The number of carbonyl (C=O) groups excluding carboxylic acids is 1.